The van der Waals surface area contributed by atoms with Crippen LogP contribution in [0.25, 0.3) is 11.2 Å². The fourth-order valence-corrected chi connectivity index (χ4v) is 3.92. The summed E-state index contributed by atoms with van der Waals surface area (Å²) in [5, 5.41) is 0. The molecule has 2 N–H and O–H groups in total. The van der Waals surface area contributed by atoms with E-state index < -0.39 is 11.8 Å². The van der Waals surface area contributed by atoms with E-state index in [9.17, 15) is 0 Å². The number of imidazole rings is 1. The van der Waals surface area contributed by atoms with Gasteiger partial charge in [-0.15, -0.1) is 0 Å². The van der Waals surface area contributed by atoms with Crippen LogP contribution in [-0.4, -0.2) is 61.7 Å². The Hall–Kier alpha value is -1.81. The Labute approximate surface area is 170 Å². The summed E-state index contributed by atoms with van der Waals surface area (Å²) in [4.78, 5) is 12.8. The molecule has 0 saturated carbocycles. The average Bonchev–Trinajstić information content (AvgIpc) is 3.08. The summed E-state index contributed by atoms with van der Waals surface area (Å²) in [6.07, 6.45) is 2.73. The van der Waals surface area contributed by atoms with Gasteiger partial charge < -0.3 is 24.7 Å². The SMILES string of the molecule is CC(C)(C)OC[C@]12CCO[C@@H](C1OC(C)(C)C)[C@H](n1cnc3c(N)ncnc31)O2. The maximum absolute atomic E-state index is 6.67. The number of anilines is 1. The predicted molar refractivity (Wildman–Crippen MR) is 107 cm³/mol. The van der Waals surface area contributed by atoms with Gasteiger partial charge in [-0.05, 0) is 41.5 Å². The number of fused-ring (bicyclic) bond motifs is 3. The van der Waals surface area contributed by atoms with Gasteiger partial charge in [0.1, 0.15) is 29.7 Å². The normalized spacial score (nSPS) is 30.2. The van der Waals surface area contributed by atoms with E-state index >= 15 is 0 Å². The third kappa shape index (κ3) is 3.84. The Bertz CT molecular complexity index is 887. The smallest absolute Gasteiger partial charge is 0.167 e. The molecular weight excluding hydrogens is 374 g/mol. The topological polar surface area (TPSA) is 107 Å². The molecule has 2 fully saturated rings. The van der Waals surface area contributed by atoms with Crippen LogP contribution in [0, 0.1) is 0 Å². The summed E-state index contributed by atoms with van der Waals surface area (Å²) in [6.45, 7) is 13.2. The standard InChI is InChI=1S/C20H31N5O4/c1-18(2,3)27-9-20-7-8-26-13(14(20)28-19(4,5)6)17(29-20)25-11-24-12-15(21)22-10-23-16(12)25/h10-11,13-14,17H,7-9H2,1-6H3,(H2,21,22,23)/t13-,14?,17+,20+/m0/s1. The first-order chi connectivity index (χ1) is 13.5. The molecule has 0 aromatic carbocycles. The molecule has 9 heteroatoms. The van der Waals surface area contributed by atoms with E-state index in [1.807, 2.05) is 46.1 Å². The molecule has 1 unspecified atom stereocenters. The van der Waals surface area contributed by atoms with Crippen LogP contribution in [0.15, 0.2) is 12.7 Å². The first-order valence-corrected chi connectivity index (χ1v) is 10.0. The van der Waals surface area contributed by atoms with Crippen LogP contribution in [0.5, 0.6) is 0 Å². The molecular formula is C20H31N5O4. The largest absolute Gasteiger partial charge is 0.382 e. The number of ether oxygens (including phenoxy) is 4. The van der Waals surface area contributed by atoms with E-state index in [-0.39, 0.29) is 23.4 Å². The van der Waals surface area contributed by atoms with Crippen molar-refractivity contribution in [3.63, 3.8) is 0 Å². The Balaban J connectivity index is 1.74. The highest BCUT2D eigenvalue weighted by molar-refractivity contribution is 5.81. The zero-order valence-electron chi connectivity index (χ0n) is 18.0. The van der Waals surface area contributed by atoms with Gasteiger partial charge in [0, 0.05) is 6.42 Å². The minimum atomic E-state index is -0.622. The summed E-state index contributed by atoms with van der Waals surface area (Å²) in [5.41, 5.74) is 5.85. The van der Waals surface area contributed by atoms with Gasteiger partial charge in [-0.3, -0.25) is 4.57 Å². The fraction of sp³-hybridized carbons (Fsp3) is 0.750. The van der Waals surface area contributed by atoms with Crippen LogP contribution in [0.3, 0.4) is 0 Å². The van der Waals surface area contributed by atoms with Crippen LogP contribution in [0.1, 0.15) is 54.2 Å². The van der Waals surface area contributed by atoms with Crippen molar-refractivity contribution >= 4 is 17.0 Å². The quantitative estimate of drug-likeness (QED) is 0.827. The Morgan fingerprint density at radius 3 is 2.62 bits per heavy atom. The van der Waals surface area contributed by atoms with Crippen molar-refractivity contribution in [2.75, 3.05) is 18.9 Å². The number of nitrogen functional groups attached to an aromatic ring is 1. The first-order valence-electron chi connectivity index (χ1n) is 10.0. The highest BCUT2D eigenvalue weighted by Gasteiger charge is 2.61. The molecule has 160 valence electrons. The monoisotopic (exact) mass is 405 g/mol. The fourth-order valence-electron chi connectivity index (χ4n) is 3.92. The van der Waals surface area contributed by atoms with E-state index in [1.54, 1.807) is 6.33 Å². The molecule has 2 aliphatic heterocycles. The molecule has 4 rings (SSSR count). The van der Waals surface area contributed by atoms with Gasteiger partial charge in [-0.1, -0.05) is 0 Å². The Morgan fingerprint density at radius 1 is 1.17 bits per heavy atom. The molecule has 29 heavy (non-hydrogen) atoms. The van der Waals surface area contributed by atoms with Crippen LogP contribution in [0.2, 0.25) is 0 Å². The van der Waals surface area contributed by atoms with Crippen molar-refractivity contribution in [3.05, 3.63) is 12.7 Å². The van der Waals surface area contributed by atoms with Crippen LogP contribution < -0.4 is 5.73 Å². The molecule has 9 nitrogen and oxygen atoms in total. The number of nitrogens with two attached hydrogens (primary N) is 1. The van der Waals surface area contributed by atoms with E-state index in [1.165, 1.54) is 6.33 Å². The number of hydrogen-bond donors (Lipinski definition) is 1. The summed E-state index contributed by atoms with van der Waals surface area (Å²) < 4.78 is 27.4. The number of aromatic nitrogens is 4. The molecule has 2 aromatic heterocycles. The van der Waals surface area contributed by atoms with Gasteiger partial charge in [0.05, 0.1) is 30.7 Å². The van der Waals surface area contributed by atoms with Crippen molar-refractivity contribution in [2.24, 2.45) is 0 Å². The lowest BCUT2D eigenvalue weighted by Crippen LogP contribution is -2.56. The van der Waals surface area contributed by atoms with Gasteiger partial charge in [0.15, 0.2) is 17.7 Å². The molecule has 0 spiro atoms. The summed E-state index contributed by atoms with van der Waals surface area (Å²) >= 11 is 0. The van der Waals surface area contributed by atoms with Gasteiger partial charge in [-0.25, -0.2) is 15.0 Å². The number of hydrogen-bond acceptors (Lipinski definition) is 8. The number of rotatable bonds is 4. The molecule has 4 atom stereocenters. The van der Waals surface area contributed by atoms with Gasteiger partial charge in [-0.2, -0.15) is 0 Å². The molecule has 2 saturated heterocycles. The minimum absolute atomic E-state index is 0.291. The lowest BCUT2D eigenvalue weighted by molar-refractivity contribution is -0.213. The number of nitrogens with zero attached hydrogens (tertiary/aromatic N) is 4. The molecule has 0 radical (unpaired) electrons. The van der Waals surface area contributed by atoms with E-state index in [0.717, 1.165) is 0 Å². The van der Waals surface area contributed by atoms with Gasteiger partial charge in [0.2, 0.25) is 0 Å². The summed E-state index contributed by atoms with van der Waals surface area (Å²) in [5.74, 6) is 0.337. The second kappa shape index (κ2) is 6.87. The summed E-state index contributed by atoms with van der Waals surface area (Å²) in [7, 11) is 0. The van der Waals surface area contributed by atoms with Crippen LogP contribution in [0.4, 0.5) is 5.82 Å². The molecule has 4 heterocycles. The molecule has 2 bridgehead atoms. The van der Waals surface area contributed by atoms with Crippen molar-refractivity contribution in [1.82, 2.24) is 19.5 Å². The van der Waals surface area contributed by atoms with E-state index in [2.05, 4.69) is 15.0 Å². The Kier molecular flexibility index (Phi) is 4.85. The van der Waals surface area contributed by atoms with Gasteiger partial charge in [0.25, 0.3) is 0 Å². The first kappa shape index (κ1) is 20.5. The predicted octanol–water partition coefficient (Wildman–Crippen LogP) is 2.46. The second-order valence-electron chi connectivity index (χ2n) is 9.79. The summed E-state index contributed by atoms with van der Waals surface area (Å²) in [6, 6.07) is 0. The van der Waals surface area contributed by atoms with Gasteiger partial charge >= 0.3 is 0 Å². The highest BCUT2D eigenvalue weighted by atomic mass is 16.7. The van der Waals surface area contributed by atoms with Crippen molar-refractivity contribution in [1.29, 1.82) is 0 Å². The lowest BCUT2D eigenvalue weighted by atomic mass is 9.89. The maximum Gasteiger partial charge on any atom is 0.167 e. The Morgan fingerprint density at radius 2 is 1.93 bits per heavy atom. The molecule has 2 aromatic rings. The second-order valence-corrected chi connectivity index (χ2v) is 9.79. The zero-order chi connectivity index (χ0) is 21.0. The molecule has 0 amide bonds. The lowest BCUT2D eigenvalue weighted by Gasteiger charge is -2.42. The van der Waals surface area contributed by atoms with E-state index in [0.29, 0.717) is 36.6 Å². The van der Waals surface area contributed by atoms with E-state index in [4.69, 9.17) is 24.7 Å². The highest BCUT2D eigenvalue weighted by Crippen LogP contribution is 2.48. The van der Waals surface area contributed by atoms with Crippen molar-refractivity contribution < 1.29 is 18.9 Å². The maximum atomic E-state index is 6.67. The van der Waals surface area contributed by atoms with Crippen LogP contribution in [-0.2, 0) is 18.9 Å². The average molecular weight is 405 g/mol. The third-order valence-electron chi connectivity index (χ3n) is 5.18. The zero-order valence-corrected chi connectivity index (χ0v) is 18.0. The van der Waals surface area contributed by atoms with Crippen molar-refractivity contribution in [2.45, 2.75) is 83.2 Å². The third-order valence-corrected chi connectivity index (χ3v) is 5.18. The molecule has 0 aliphatic carbocycles. The minimum Gasteiger partial charge on any atom is -0.382 e. The molecule has 2 aliphatic rings. The van der Waals surface area contributed by atoms with Crippen LogP contribution >= 0.6 is 0 Å². The van der Waals surface area contributed by atoms with Crippen molar-refractivity contribution in [3.8, 4) is 0 Å².